The van der Waals surface area contributed by atoms with Crippen LogP contribution in [0.3, 0.4) is 0 Å². The maximum Gasteiger partial charge on any atom is 0.256 e. The van der Waals surface area contributed by atoms with E-state index in [4.69, 9.17) is 4.74 Å². The molecular formula is C16H17FN2O3S. The molecule has 0 aromatic heterocycles. The summed E-state index contributed by atoms with van der Waals surface area (Å²) in [6.07, 6.45) is 6.09. The van der Waals surface area contributed by atoms with Crippen LogP contribution in [0.4, 0.5) is 4.39 Å². The van der Waals surface area contributed by atoms with Gasteiger partial charge in [-0.3, -0.25) is 0 Å². The fraction of sp³-hybridized carbons (Fsp3) is 0.312. The average Bonchev–Trinajstić information content (AvgIpc) is 2.52. The Morgan fingerprint density at radius 3 is 2.96 bits per heavy atom. The topological polar surface area (TPSA) is 59.0 Å². The molecule has 0 amide bonds. The number of sulfonamides is 1. The quantitative estimate of drug-likeness (QED) is 0.848. The molecule has 2 aliphatic heterocycles. The number of hydrogen-bond acceptors (Lipinski definition) is 4. The van der Waals surface area contributed by atoms with E-state index in [9.17, 15) is 12.8 Å². The molecular weight excluding hydrogens is 319 g/mol. The Kier molecular flexibility index (Phi) is 4.21. The van der Waals surface area contributed by atoms with Crippen molar-refractivity contribution in [3.8, 4) is 5.75 Å². The van der Waals surface area contributed by atoms with E-state index in [1.54, 1.807) is 35.4 Å². The summed E-state index contributed by atoms with van der Waals surface area (Å²) in [6.45, 7) is 2.73. The third-order valence-electron chi connectivity index (χ3n) is 3.56. The van der Waals surface area contributed by atoms with Crippen LogP contribution in [0, 0.1) is 5.82 Å². The molecule has 2 heterocycles. The van der Waals surface area contributed by atoms with E-state index in [-0.39, 0.29) is 11.5 Å². The van der Waals surface area contributed by atoms with Crippen molar-refractivity contribution < 1.29 is 17.5 Å². The van der Waals surface area contributed by atoms with Gasteiger partial charge in [-0.2, -0.15) is 0 Å². The fourth-order valence-corrected chi connectivity index (χ4v) is 3.42. The lowest BCUT2D eigenvalue weighted by Gasteiger charge is -2.29. The van der Waals surface area contributed by atoms with Crippen molar-refractivity contribution in [3.05, 3.63) is 47.9 Å². The lowest BCUT2D eigenvalue weighted by atomic mass is 10.0. The van der Waals surface area contributed by atoms with Crippen LogP contribution in [-0.2, 0) is 10.0 Å². The van der Waals surface area contributed by atoms with Gasteiger partial charge in [-0.25, -0.2) is 12.8 Å². The molecule has 5 nitrogen and oxygen atoms in total. The van der Waals surface area contributed by atoms with E-state index in [2.05, 4.69) is 4.40 Å². The van der Waals surface area contributed by atoms with Crippen molar-refractivity contribution in [2.45, 2.75) is 13.3 Å². The lowest BCUT2D eigenvalue weighted by Crippen LogP contribution is -2.37. The smallest absolute Gasteiger partial charge is 0.256 e. The van der Waals surface area contributed by atoms with Gasteiger partial charge in [0.2, 0.25) is 0 Å². The predicted molar refractivity (Wildman–Crippen MR) is 87.2 cm³/mol. The first-order valence-electron chi connectivity index (χ1n) is 7.41. The van der Waals surface area contributed by atoms with Crippen molar-refractivity contribution in [3.63, 3.8) is 0 Å². The van der Waals surface area contributed by atoms with Crippen molar-refractivity contribution >= 4 is 21.4 Å². The molecule has 0 spiro atoms. The minimum Gasteiger partial charge on any atom is -0.491 e. The van der Waals surface area contributed by atoms with Crippen LogP contribution in [0.2, 0.25) is 0 Å². The molecule has 1 aromatic rings. The van der Waals surface area contributed by atoms with Gasteiger partial charge >= 0.3 is 0 Å². The first kappa shape index (κ1) is 15.7. The maximum atomic E-state index is 14.2. The van der Waals surface area contributed by atoms with Crippen LogP contribution in [0.25, 0.3) is 5.57 Å². The highest BCUT2D eigenvalue weighted by molar-refractivity contribution is 7.90. The van der Waals surface area contributed by atoms with Gasteiger partial charge in [-0.1, -0.05) is 13.0 Å². The largest absolute Gasteiger partial charge is 0.491 e. The Hall–Kier alpha value is -2.15. The molecule has 0 fully saturated rings. The van der Waals surface area contributed by atoms with Crippen LogP contribution in [0.1, 0.15) is 18.9 Å². The van der Waals surface area contributed by atoms with Crippen LogP contribution >= 0.6 is 0 Å². The van der Waals surface area contributed by atoms with Gasteiger partial charge in [0.1, 0.15) is 0 Å². The van der Waals surface area contributed by atoms with Crippen molar-refractivity contribution in [2.24, 2.45) is 4.40 Å². The molecule has 2 aliphatic rings. The normalized spacial score (nSPS) is 19.0. The molecule has 0 aliphatic carbocycles. The van der Waals surface area contributed by atoms with Gasteiger partial charge in [0.25, 0.3) is 10.0 Å². The number of amidine groups is 1. The Morgan fingerprint density at radius 1 is 1.39 bits per heavy atom. The summed E-state index contributed by atoms with van der Waals surface area (Å²) < 4.78 is 46.8. The standard InChI is InChI=1S/C16H17FN2O3S/c1-2-9-22-15-6-5-12(11-14(15)17)13-4-3-7-19-8-10-23(20,21)18-16(13)19/h3-7,11H,2,8-10H2,1H3. The summed E-state index contributed by atoms with van der Waals surface area (Å²) in [5.41, 5.74) is 1.15. The first-order valence-corrected chi connectivity index (χ1v) is 9.02. The number of halogens is 1. The first-order chi connectivity index (χ1) is 11.0. The lowest BCUT2D eigenvalue weighted by molar-refractivity contribution is 0.301. The second kappa shape index (κ2) is 6.16. The van der Waals surface area contributed by atoms with E-state index in [1.807, 2.05) is 6.92 Å². The van der Waals surface area contributed by atoms with E-state index >= 15 is 0 Å². The highest BCUT2D eigenvalue weighted by Gasteiger charge is 2.27. The second-order valence-electron chi connectivity index (χ2n) is 5.31. The van der Waals surface area contributed by atoms with E-state index in [0.717, 1.165) is 6.42 Å². The van der Waals surface area contributed by atoms with Crippen LogP contribution in [0.15, 0.2) is 40.9 Å². The predicted octanol–water partition coefficient (Wildman–Crippen LogP) is 2.57. The number of hydrogen-bond donors (Lipinski definition) is 0. The molecule has 0 bridgehead atoms. The number of nitrogens with zero attached hydrogens (tertiary/aromatic N) is 2. The third-order valence-corrected chi connectivity index (χ3v) is 4.71. The Bertz CT molecular complexity index is 813. The molecule has 0 unspecified atom stereocenters. The number of benzene rings is 1. The zero-order chi connectivity index (χ0) is 16.4. The minimum absolute atomic E-state index is 0.0216. The highest BCUT2D eigenvalue weighted by Crippen LogP contribution is 2.28. The molecule has 0 N–H and O–H groups in total. The molecule has 7 heteroatoms. The summed E-state index contributed by atoms with van der Waals surface area (Å²) in [5, 5.41) is 0. The summed E-state index contributed by atoms with van der Waals surface area (Å²) in [6, 6.07) is 4.61. The number of ether oxygens (including phenoxy) is 1. The Morgan fingerprint density at radius 2 is 2.22 bits per heavy atom. The number of allylic oxidation sites excluding steroid dienone is 2. The molecule has 0 saturated heterocycles. The van der Waals surface area contributed by atoms with Gasteiger partial charge in [-0.15, -0.1) is 4.40 Å². The highest BCUT2D eigenvalue weighted by atomic mass is 32.2. The SMILES string of the molecule is CCCOc1ccc(C2=CC=CN3CCS(=O)(=O)N=C23)cc1F. The van der Waals surface area contributed by atoms with Crippen LogP contribution in [0.5, 0.6) is 5.75 Å². The van der Waals surface area contributed by atoms with E-state index in [0.29, 0.717) is 30.1 Å². The van der Waals surface area contributed by atoms with Gasteiger partial charge in [0.15, 0.2) is 17.4 Å². The number of fused-ring (bicyclic) bond motifs is 1. The van der Waals surface area contributed by atoms with Crippen molar-refractivity contribution in [1.82, 2.24) is 4.90 Å². The summed E-state index contributed by atoms with van der Waals surface area (Å²) in [5.74, 6) is 0.0296. The number of rotatable bonds is 4. The molecule has 23 heavy (non-hydrogen) atoms. The fourth-order valence-electron chi connectivity index (χ4n) is 2.44. The Balaban J connectivity index is 1.97. The Labute approximate surface area is 134 Å². The van der Waals surface area contributed by atoms with Crippen molar-refractivity contribution in [2.75, 3.05) is 18.9 Å². The van der Waals surface area contributed by atoms with Gasteiger partial charge in [0.05, 0.1) is 12.4 Å². The summed E-state index contributed by atoms with van der Waals surface area (Å²) >= 11 is 0. The molecule has 0 atom stereocenters. The summed E-state index contributed by atoms with van der Waals surface area (Å²) in [7, 11) is -3.47. The monoisotopic (exact) mass is 336 g/mol. The second-order valence-corrected chi connectivity index (χ2v) is 7.06. The molecule has 122 valence electrons. The van der Waals surface area contributed by atoms with E-state index < -0.39 is 15.8 Å². The van der Waals surface area contributed by atoms with Crippen molar-refractivity contribution in [1.29, 1.82) is 0 Å². The maximum absolute atomic E-state index is 14.2. The zero-order valence-corrected chi connectivity index (χ0v) is 13.5. The van der Waals surface area contributed by atoms with Crippen LogP contribution < -0.4 is 4.74 Å². The molecule has 3 rings (SSSR count). The van der Waals surface area contributed by atoms with E-state index in [1.165, 1.54) is 6.07 Å². The van der Waals surface area contributed by atoms with Gasteiger partial charge in [0, 0.05) is 18.3 Å². The van der Waals surface area contributed by atoms with Crippen LogP contribution in [-0.4, -0.2) is 38.1 Å². The minimum atomic E-state index is -3.47. The average molecular weight is 336 g/mol. The van der Waals surface area contributed by atoms with Gasteiger partial charge in [-0.05, 0) is 36.3 Å². The third kappa shape index (κ3) is 3.29. The molecule has 0 radical (unpaired) electrons. The summed E-state index contributed by atoms with van der Waals surface area (Å²) in [4.78, 5) is 1.76. The molecule has 0 saturated carbocycles. The van der Waals surface area contributed by atoms with Gasteiger partial charge < -0.3 is 9.64 Å². The molecule has 1 aromatic carbocycles. The zero-order valence-electron chi connectivity index (χ0n) is 12.7.